The molecule has 4 heteroatoms. The molecule has 0 aromatic rings. The topological polar surface area (TPSA) is 47.9 Å². The highest BCUT2D eigenvalue weighted by Crippen LogP contribution is 2.22. The molecule has 0 amide bonds. The highest BCUT2D eigenvalue weighted by atomic mass is 16.7. The summed E-state index contributed by atoms with van der Waals surface area (Å²) in [7, 11) is 3.18. The fraction of sp³-hybridized carbons (Fsp3) is 1.00. The minimum atomic E-state index is -0.322. The minimum absolute atomic E-state index is 0.0275. The van der Waals surface area contributed by atoms with Crippen molar-refractivity contribution in [3.05, 3.63) is 0 Å². The molecule has 4 nitrogen and oxygen atoms in total. The van der Waals surface area contributed by atoms with Crippen molar-refractivity contribution in [3.8, 4) is 0 Å². The maximum Gasteiger partial charge on any atom is 0.183 e. The molecule has 1 aliphatic rings. The van der Waals surface area contributed by atoms with E-state index in [1.165, 1.54) is 0 Å². The smallest absolute Gasteiger partial charge is 0.183 e. The van der Waals surface area contributed by atoms with Gasteiger partial charge in [-0.25, -0.2) is 0 Å². The number of rotatable bonds is 3. The van der Waals surface area contributed by atoms with Crippen molar-refractivity contribution in [2.24, 2.45) is 0 Å². The van der Waals surface area contributed by atoms with Gasteiger partial charge in [-0.05, 0) is 0 Å². The summed E-state index contributed by atoms with van der Waals surface area (Å²) >= 11 is 0. The molecule has 3 atom stereocenters. The Hall–Kier alpha value is -0.160. The van der Waals surface area contributed by atoms with Gasteiger partial charge < -0.3 is 19.3 Å². The summed E-state index contributed by atoms with van der Waals surface area (Å²) in [5.41, 5.74) is 0. The van der Waals surface area contributed by atoms with E-state index in [1.54, 1.807) is 14.2 Å². The third-order valence-electron chi connectivity index (χ3n) is 1.86. The first-order chi connectivity index (χ1) is 5.31. The zero-order valence-corrected chi connectivity index (χ0v) is 6.82. The Kier molecular flexibility index (Phi) is 3.26. The summed E-state index contributed by atoms with van der Waals surface area (Å²) in [5, 5.41) is 8.76. The van der Waals surface area contributed by atoms with E-state index in [9.17, 15) is 0 Å². The van der Waals surface area contributed by atoms with Crippen molar-refractivity contribution in [1.29, 1.82) is 0 Å². The van der Waals surface area contributed by atoms with E-state index in [4.69, 9.17) is 19.3 Å². The van der Waals surface area contributed by atoms with Gasteiger partial charge in [0, 0.05) is 20.6 Å². The summed E-state index contributed by atoms with van der Waals surface area (Å²) in [5.74, 6) is 0. The van der Waals surface area contributed by atoms with Crippen LogP contribution in [-0.2, 0) is 14.2 Å². The van der Waals surface area contributed by atoms with Gasteiger partial charge in [0.05, 0.1) is 12.7 Å². The largest absolute Gasteiger partial charge is 0.394 e. The number of aliphatic hydroxyl groups is 1. The van der Waals surface area contributed by atoms with E-state index in [0.717, 1.165) is 0 Å². The molecule has 0 aromatic heterocycles. The van der Waals surface area contributed by atoms with Gasteiger partial charge in [-0.2, -0.15) is 0 Å². The van der Waals surface area contributed by atoms with Crippen LogP contribution in [0.25, 0.3) is 0 Å². The quantitative estimate of drug-likeness (QED) is 0.622. The molecule has 0 saturated carbocycles. The Labute approximate surface area is 66.1 Å². The Morgan fingerprint density at radius 1 is 1.45 bits per heavy atom. The lowest BCUT2D eigenvalue weighted by molar-refractivity contribution is -0.159. The number of hydrogen-bond acceptors (Lipinski definition) is 4. The number of ether oxygens (including phenoxy) is 3. The predicted molar refractivity (Wildman–Crippen MR) is 38.2 cm³/mol. The van der Waals surface area contributed by atoms with Crippen LogP contribution in [-0.4, -0.2) is 44.4 Å². The van der Waals surface area contributed by atoms with Crippen LogP contribution in [0, 0.1) is 0 Å². The first kappa shape index (κ1) is 8.93. The van der Waals surface area contributed by atoms with E-state index in [-0.39, 0.29) is 25.1 Å². The van der Waals surface area contributed by atoms with Crippen molar-refractivity contribution in [1.82, 2.24) is 0 Å². The highest BCUT2D eigenvalue weighted by Gasteiger charge is 2.34. The Balaban J connectivity index is 2.41. The van der Waals surface area contributed by atoms with E-state index >= 15 is 0 Å². The second-order valence-corrected chi connectivity index (χ2v) is 2.55. The first-order valence-corrected chi connectivity index (χ1v) is 3.63. The van der Waals surface area contributed by atoms with E-state index in [0.29, 0.717) is 6.42 Å². The molecular formula is C7H14O4. The molecule has 0 unspecified atom stereocenters. The molecule has 0 bridgehead atoms. The van der Waals surface area contributed by atoms with E-state index in [1.807, 2.05) is 0 Å². The van der Waals surface area contributed by atoms with Crippen LogP contribution in [0.3, 0.4) is 0 Å². The molecule has 0 radical (unpaired) electrons. The summed E-state index contributed by atoms with van der Waals surface area (Å²) in [6.45, 7) is 0.0275. The predicted octanol–water partition coefficient (Wildman–Crippen LogP) is -0.245. The summed E-state index contributed by atoms with van der Waals surface area (Å²) < 4.78 is 15.3. The summed E-state index contributed by atoms with van der Waals surface area (Å²) in [4.78, 5) is 0. The van der Waals surface area contributed by atoms with E-state index < -0.39 is 0 Å². The lowest BCUT2D eigenvalue weighted by atomic mass is 10.2. The van der Waals surface area contributed by atoms with Crippen molar-refractivity contribution in [3.63, 3.8) is 0 Å². The van der Waals surface area contributed by atoms with Crippen LogP contribution < -0.4 is 0 Å². The molecule has 1 saturated heterocycles. The normalized spacial score (nSPS) is 37.9. The summed E-state index contributed by atoms with van der Waals surface area (Å²) in [6, 6.07) is 0. The van der Waals surface area contributed by atoms with Crippen LogP contribution in [0.15, 0.2) is 0 Å². The SMILES string of the molecule is CO[C@H]1O[C@H](CO)C[C@@H]1OC. The average molecular weight is 162 g/mol. The van der Waals surface area contributed by atoms with Crippen molar-refractivity contribution < 1.29 is 19.3 Å². The van der Waals surface area contributed by atoms with E-state index in [2.05, 4.69) is 0 Å². The van der Waals surface area contributed by atoms with Crippen LogP contribution in [0.5, 0.6) is 0 Å². The van der Waals surface area contributed by atoms with Crippen LogP contribution >= 0.6 is 0 Å². The lowest BCUT2D eigenvalue weighted by Crippen LogP contribution is -2.24. The molecule has 0 aliphatic carbocycles. The highest BCUT2D eigenvalue weighted by molar-refractivity contribution is 4.76. The van der Waals surface area contributed by atoms with Gasteiger partial charge in [-0.15, -0.1) is 0 Å². The summed E-state index contributed by atoms with van der Waals surface area (Å²) in [6.07, 6.45) is 0.199. The standard InChI is InChI=1S/C7H14O4/c1-9-6-3-5(4-8)11-7(6)10-2/h5-8H,3-4H2,1-2H3/t5-,6-,7-/m0/s1. The molecular weight excluding hydrogens is 148 g/mol. The van der Waals surface area contributed by atoms with Gasteiger partial charge in [0.1, 0.15) is 6.10 Å². The fourth-order valence-electron chi connectivity index (χ4n) is 1.24. The van der Waals surface area contributed by atoms with Crippen LogP contribution in [0.2, 0.25) is 0 Å². The van der Waals surface area contributed by atoms with Crippen LogP contribution in [0.4, 0.5) is 0 Å². The third-order valence-corrected chi connectivity index (χ3v) is 1.86. The molecule has 1 fully saturated rings. The Bertz CT molecular complexity index is 105. The van der Waals surface area contributed by atoms with Crippen molar-refractivity contribution >= 4 is 0 Å². The van der Waals surface area contributed by atoms with Crippen molar-refractivity contribution in [2.45, 2.75) is 24.9 Å². The molecule has 1 heterocycles. The monoisotopic (exact) mass is 162 g/mol. The second kappa shape index (κ2) is 4.01. The van der Waals surface area contributed by atoms with Gasteiger partial charge in [-0.3, -0.25) is 0 Å². The Morgan fingerprint density at radius 2 is 2.18 bits per heavy atom. The average Bonchev–Trinajstić information content (AvgIpc) is 2.46. The first-order valence-electron chi connectivity index (χ1n) is 3.63. The zero-order chi connectivity index (χ0) is 8.27. The molecule has 0 spiro atoms. The molecule has 1 rings (SSSR count). The van der Waals surface area contributed by atoms with Gasteiger partial charge in [0.15, 0.2) is 6.29 Å². The van der Waals surface area contributed by atoms with Gasteiger partial charge in [0.25, 0.3) is 0 Å². The maximum atomic E-state index is 8.76. The number of hydrogen-bond donors (Lipinski definition) is 1. The fourth-order valence-corrected chi connectivity index (χ4v) is 1.24. The molecule has 1 N–H and O–H groups in total. The Morgan fingerprint density at radius 3 is 2.55 bits per heavy atom. The van der Waals surface area contributed by atoms with Gasteiger partial charge >= 0.3 is 0 Å². The minimum Gasteiger partial charge on any atom is -0.394 e. The van der Waals surface area contributed by atoms with Gasteiger partial charge in [0.2, 0.25) is 0 Å². The zero-order valence-electron chi connectivity index (χ0n) is 6.82. The number of methoxy groups -OCH3 is 2. The molecule has 1 aliphatic heterocycles. The lowest BCUT2D eigenvalue weighted by Gasteiger charge is -2.14. The number of aliphatic hydroxyl groups excluding tert-OH is 1. The maximum absolute atomic E-state index is 8.76. The van der Waals surface area contributed by atoms with Gasteiger partial charge in [-0.1, -0.05) is 0 Å². The molecule has 0 aromatic carbocycles. The third kappa shape index (κ3) is 1.90. The van der Waals surface area contributed by atoms with Crippen molar-refractivity contribution in [2.75, 3.05) is 20.8 Å². The second-order valence-electron chi connectivity index (χ2n) is 2.55. The van der Waals surface area contributed by atoms with Crippen LogP contribution in [0.1, 0.15) is 6.42 Å². The molecule has 11 heavy (non-hydrogen) atoms. The molecule has 66 valence electrons.